The van der Waals surface area contributed by atoms with Gasteiger partial charge >= 0.3 is 0 Å². The Morgan fingerprint density at radius 2 is 2.05 bits per heavy atom. The van der Waals surface area contributed by atoms with Gasteiger partial charge in [0.25, 0.3) is 0 Å². The summed E-state index contributed by atoms with van der Waals surface area (Å²) >= 11 is 1.81. The predicted molar refractivity (Wildman–Crippen MR) is 93.3 cm³/mol. The number of nitrogens with zero attached hydrogens (tertiary/aromatic N) is 2. The van der Waals surface area contributed by atoms with Crippen LogP contribution in [0.1, 0.15) is 56.3 Å². The molecule has 1 aromatic heterocycles. The third-order valence-electron chi connectivity index (χ3n) is 3.21. The lowest BCUT2D eigenvalue weighted by Crippen LogP contribution is -2.38. The maximum atomic E-state index is 4.62. The number of aromatic nitrogens is 1. The van der Waals surface area contributed by atoms with Crippen molar-refractivity contribution < 1.29 is 0 Å². The number of aliphatic imine (C=N–C) groups is 1. The predicted octanol–water partition coefficient (Wildman–Crippen LogP) is 3.38. The van der Waals surface area contributed by atoms with E-state index in [2.05, 4.69) is 41.4 Å². The highest BCUT2D eigenvalue weighted by molar-refractivity contribution is 7.11. The first-order valence-electron chi connectivity index (χ1n) is 8.25. The zero-order chi connectivity index (χ0) is 15.3. The molecular formula is C16H30N4S. The maximum Gasteiger partial charge on any atom is 0.191 e. The van der Waals surface area contributed by atoms with Crippen LogP contribution in [0.3, 0.4) is 0 Å². The molecule has 0 saturated heterocycles. The van der Waals surface area contributed by atoms with Crippen LogP contribution < -0.4 is 10.6 Å². The summed E-state index contributed by atoms with van der Waals surface area (Å²) in [7, 11) is 0. The summed E-state index contributed by atoms with van der Waals surface area (Å²) in [5, 5.41) is 7.90. The van der Waals surface area contributed by atoms with E-state index in [0.717, 1.165) is 38.4 Å². The molecule has 0 aliphatic heterocycles. The molecule has 1 rings (SSSR count). The van der Waals surface area contributed by atoms with E-state index >= 15 is 0 Å². The van der Waals surface area contributed by atoms with Crippen LogP contribution in [0.25, 0.3) is 0 Å². The molecule has 1 aromatic rings. The van der Waals surface area contributed by atoms with Crippen LogP contribution in [0.5, 0.6) is 0 Å². The van der Waals surface area contributed by atoms with Crippen molar-refractivity contribution >= 4 is 17.3 Å². The van der Waals surface area contributed by atoms with E-state index in [9.17, 15) is 0 Å². The molecule has 0 fully saturated rings. The first-order valence-corrected chi connectivity index (χ1v) is 9.07. The molecule has 0 atom stereocenters. The monoisotopic (exact) mass is 310 g/mol. The molecule has 0 aromatic carbocycles. The zero-order valence-electron chi connectivity index (χ0n) is 13.7. The number of thiazole rings is 1. The third kappa shape index (κ3) is 8.05. The number of nitrogens with one attached hydrogen (secondary N) is 2. The molecule has 4 nitrogen and oxygen atoms in total. The van der Waals surface area contributed by atoms with E-state index in [1.54, 1.807) is 0 Å². The summed E-state index contributed by atoms with van der Waals surface area (Å²) in [4.78, 5) is 10.4. The Bertz CT molecular complexity index is 401. The summed E-state index contributed by atoms with van der Waals surface area (Å²) in [6, 6.07) is 0. The van der Waals surface area contributed by atoms with Crippen molar-refractivity contribution in [1.29, 1.82) is 0 Å². The Kier molecular flexibility index (Phi) is 9.87. The average Bonchev–Trinajstić information content (AvgIpc) is 2.95. The Morgan fingerprint density at radius 1 is 1.19 bits per heavy atom. The molecule has 0 amide bonds. The molecule has 5 heteroatoms. The van der Waals surface area contributed by atoms with Crippen molar-refractivity contribution in [1.82, 2.24) is 15.6 Å². The van der Waals surface area contributed by atoms with Crippen molar-refractivity contribution in [2.75, 3.05) is 19.6 Å². The number of hydrogen-bond donors (Lipinski definition) is 2. The zero-order valence-corrected chi connectivity index (χ0v) is 14.6. The number of aryl methyl sites for hydroxylation is 1. The minimum Gasteiger partial charge on any atom is -0.357 e. The largest absolute Gasteiger partial charge is 0.357 e. The molecule has 0 bridgehead atoms. The fraction of sp³-hybridized carbons (Fsp3) is 0.750. The summed E-state index contributed by atoms with van der Waals surface area (Å²) in [5.41, 5.74) is 0. The highest BCUT2D eigenvalue weighted by Crippen LogP contribution is 2.13. The number of guanidine groups is 1. The summed E-state index contributed by atoms with van der Waals surface area (Å²) in [6.45, 7) is 9.20. The third-order valence-corrected chi connectivity index (χ3v) is 4.41. The lowest BCUT2D eigenvalue weighted by atomic mass is 10.2. The van der Waals surface area contributed by atoms with E-state index in [4.69, 9.17) is 0 Å². The van der Waals surface area contributed by atoms with Gasteiger partial charge in [0.2, 0.25) is 0 Å². The minimum atomic E-state index is 0.886. The standard InChI is InChI=1S/C16H30N4S/c1-4-7-8-9-11-18-16(17-6-3)19-12-10-15-20-13-14(5-2)21-15/h13H,4-12H2,1-3H3,(H2,17,18,19). The van der Waals surface area contributed by atoms with Crippen LogP contribution in [0, 0.1) is 0 Å². The van der Waals surface area contributed by atoms with Crippen LogP contribution in [0.4, 0.5) is 0 Å². The van der Waals surface area contributed by atoms with Gasteiger partial charge in [-0.1, -0.05) is 33.1 Å². The molecule has 0 aliphatic rings. The lowest BCUT2D eigenvalue weighted by molar-refractivity contribution is 0.670. The Balaban J connectivity index is 2.27. The SMILES string of the molecule is CCCCCCN=C(NCC)NCCc1ncc(CC)s1. The molecule has 21 heavy (non-hydrogen) atoms. The van der Waals surface area contributed by atoms with Gasteiger partial charge < -0.3 is 10.6 Å². The highest BCUT2D eigenvalue weighted by Gasteiger charge is 2.01. The molecule has 0 saturated carbocycles. The van der Waals surface area contributed by atoms with Crippen LogP contribution in [0.15, 0.2) is 11.2 Å². The van der Waals surface area contributed by atoms with Gasteiger partial charge in [-0.2, -0.15) is 0 Å². The summed E-state index contributed by atoms with van der Waals surface area (Å²) in [6.07, 6.45) is 9.07. The van der Waals surface area contributed by atoms with E-state index in [0.29, 0.717) is 0 Å². The second kappa shape index (κ2) is 11.5. The van der Waals surface area contributed by atoms with E-state index in [1.807, 2.05) is 17.5 Å². The second-order valence-corrected chi connectivity index (χ2v) is 6.27. The molecule has 0 spiro atoms. The normalized spacial score (nSPS) is 11.7. The first-order chi connectivity index (χ1) is 10.3. The molecule has 0 radical (unpaired) electrons. The number of hydrogen-bond acceptors (Lipinski definition) is 3. The topological polar surface area (TPSA) is 49.3 Å². The van der Waals surface area contributed by atoms with Gasteiger partial charge in [0.15, 0.2) is 5.96 Å². The second-order valence-electron chi connectivity index (χ2n) is 5.07. The van der Waals surface area contributed by atoms with Gasteiger partial charge in [-0.3, -0.25) is 4.99 Å². The van der Waals surface area contributed by atoms with E-state index in [1.165, 1.54) is 35.6 Å². The first kappa shape index (κ1) is 18.0. The molecule has 120 valence electrons. The molecule has 2 N–H and O–H groups in total. The molecule has 0 unspecified atom stereocenters. The van der Waals surface area contributed by atoms with Crippen molar-refractivity contribution in [2.45, 2.75) is 59.3 Å². The molecular weight excluding hydrogens is 280 g/mol. The van der Waals surface area contributed by atoms with E-state index < -0.39 is 0 Å². The molecule has 0 aliphatic carbocycles. The summed E-state index contributed by atoms with van der Waals surface area (Å²) in [5.74, 6) is 0.932. The van der Waals surface area contributed by atoms with Crippen LogP contribution in [-0.4, -0.2) is 30.6 Å². The average molecular weight is 311 g/mol. The quantitative estimate of drug-likeness (QED) is 0.396. The summed E-state index contributed by atoms with van der Waals surface area (Å²) < 4.78 is 0. The van der Waals surface area contributed by atoms with Gasteiger partial charge in [-0.25, -0.2) is 4.98 Å². The van der Waals surface area contributed by atoms with Crippen LogP contribution in [0.2, 0.25) is 0 Å². The number of unbranched alkanes of at least 4 members (excludes halogenated alkanes) is 3. The molecule has 1 heterocycles. The lowest BCUT2D eigenvalue weighted by Gasteiger charge is -2.10. The Morgan fingerprint density at radius 3 is 2.71 bits per heavy atom. The minimum absolute atomic E-state index is 0.886. The highest BCUT2D eigenvalue weighted by atomic mass is 32.1. The van der Waals surface area contributed by atoms with Crippen molar-refractivity contribution in [3.8, 4) is 0 Å². The fourth-order valence-electron chi connectivity index (χ4n) is 1.99. The number of rotatable bonds is 10. The van der Waals surface area contributed by atoms with Crippen molar-refractivity contribution in [2.24, 2.45) is 4.99 Å². The fourth-order valence-corrected chi connectivity index (χ4v) is 2.85. The van der Waals surface area contributed by atoms with Crippen molar-refractivity contribution in [3.63, 3.8) is 0 Å². The Labute approximate surface area is 133 Å². The van der Waals surface area contributed by atoms with Crippen molar-refractivity contribution in [3.05, 3.63) is 16.1 Å². The van der Waals surface area contributed by atoms with E-state index in [-0.39, 0.29) is 0 Å². The van der Waals surface area contributed by atoms with Gasteiger partial charge in [0.1, 0.15) is 0 Å². The smallest absolute Gasteiger partial charge is 0.191 e. The van der Waals surface area contributed by atoms with Gasteiger partial charge in [-0.15, -0.1) is 11.3 Å². The van der Waals surface area contributed by atoms with Crippen LogP contribution in [-0.2, 0) is 12.8 Å². The van der Waals surface area contributed by atoms with Crippen LogP contribution >= 0.6 is 11.3 Å². The van der Waals surface area contributed by atoms with Gasteiger partial charge in [0, 0.05) is 37.1 Å². The Hall–Kier alpha value is -1.10. The van der Waals surface area contributed by atoms with Gasteiger partial charge in [-0.05, 0) is 19.8 Å². The van der Waals surface area contributed by atoms with Gasteiger partial charge in [0.05, 0.1) is 5.01 Å². The maximum absolute atomic E-state index is 4.62.